The fourth-order valence-electron chi connectivity index (χ4n) is 2.41. The zero-order valence-electron chi connectivity index (χ0n) is 12.9. The monoisotopic (exact) mass is 397 g/mol. The van der Waals surface area contributed by atoms with Gasteiger partial charge in [0.15, 0.2) is 0 Å². The highest BCUT2D eigenvalue weighted by atomic mass is 79.9. The van der Waals surface area contributed by atoms with Crippen LogP contribution in [0.25, 0.3) is 16.7 Å². The minimum atomic E-state index is -0.388. The summed E-state index contributed by atoms with van der Waals surface area (Å²) in [7, 11) is 0. The number of para-hydroxylation sites is 1. The number of rotatable bonds is 4. The SMILES string of the molecule is O=c1ccc2ccc(OCc3cn(-c4ccccc4Br)nn3)cc2o1. The van der Waals surface area contributed by atoms with Crippen molar-refractivity contribution in [3.05, 3.63) is 81.4 Å². The summed E-state index contributed by atoms with van der Waals surface area (Å²) in [6, 6.07) is 16.2. The van der Waals surface area contributed by atoms with Gasteiger partial charge in [0.2, 0.25) is 0 Å². The summed E-state index contributed by atoms with van der Waals surface area (Å²) in [4.78, 5) is 11.3. The summed E-state index contributed by atoms with van der Waals surface area (Å²) in [5, 5.41) is 9.08. The molecule has 2 heterocycles. The third kappa shape index (κ3) is 3.32. The molecule has 2 aromatic carbocycles. The van der Waals surface area contributed by atoms with E-state index >= 15 is 0 Å². The molecule has 124 valence electrons. The number of ether oxygens (including phenoxy) is 1. The Labute approximate surface area is 150 Å². The molecule has 0 saturated carbocycles. The van der Waals surface area contributed by atoms with Crippen molar-refractivity contribution in [2.45, 2.75) is 6.61 Å². The van der Waals surface area contributed by atoms with Crippen LogP contribution in [0.2, 0.25) is 0 Å². The number of hydrogen-bond donors (Lipinski definition) is 0. The molecule has 0 amide bonds. The molecule has 0 bridgehead atoms. The highest BCUT2D eigenvalue weighted by Gasteiger charge is 2.07. The van der Waals surface area contributed by atoms with Crippen LogP contribution in [0.5, 0.6) is 5.75 Å². The maximum Gasteiger partial charge on any atom is 0.336 e. The van der Waals surface area contributed by atoms with Crippen molar-refractivity contribution in [1.82, 2.24) is 15.0 Å². The standard InChI is InChI=1S/C18H12BrN3O3/c19-15-3-1-2-4-16(15)22-10-13(20-21-22)11-24-14-7-5-12-6-8-18(23)25-17(12)9-14/h1-10H,11H2. The Bertz CT molecular complexity index is 1100. The van der Waals surface area contributed by atoms with E-state index < -0.39 is 0 Å². The molecule has 0 radical (unpaired) electrons. The van der Waals surface area contributed by atoms with Crippen LogP contribution in [0.1, 0.15) is 5.69 Å². The number of aromatic nitrogens is 3. The molecule has 0 aliphatic rings. The van der Waals surface area contributed by atoms with Gasteiger partial charge in [0, 0.05) is 22.0 Å². The summed E-state index contributed by atoms with van der Waals surface area (Å²) in [6.07, 6.45) is 1.81. The van der Waals surface area contributed by atoms with Gasteiger partial charge in [0.05, 0.1) is 11.9 Å². The molecule has 0 unspecified atom stereocenters. The number of nitrogens with zero attached hydrogens (tertiary/aromatic N) is 3. The van der Waals surface area contributed by atoms with Crippen molar-refractivity contribution >= 4 is 26.9 Å². The van der Waals surface area contributed by atoms with Crippen LogP contribution in [-0.4, -0.2) is 15.0 Å². The van der Waals surface area contributed by atoms with Crippen molar-refractivity contribution in [1.29, 1.82) is 0 Å². The minimum Gasteiger partial charge on any atom is -0.487 e. The second kappa shape index (κ2) is 6.52. The van der Waals surface area contributed by atoms with Gasteiger partial charge in [-0.05, 0) is 46.3 Å². The van der Waals surface area contributed by atoms with Crippen molar-refractivity contribution in [3.63, 3.8) is 0 Å². The number of halogens is 1. The largest absolute Gasteiger partial charge is 0.487 e. The van der Waals surface area contributed by atoms with E-state index in [-0.39, 0.29) is 12.2 Å². The van der Waals surface area contributed by atoms with Gasteiger partial charge in [0.25, 0.3) is 0 Å². The van der Waals surface area contributed by atoms with Gasteiger partial charge in [-0.1, -0.05) is 17.3 Å². The molecule has 7 heteroatoms. The fourth-order valence-corrected chi connectivity index (χ4v) is 2.87. The molecular formula is C18H12BrN3O3. The van der Waals surface area contributed by atoms with Crippen LogP contribution < -0.4 is 10.4 Å². The molecule has 0 atom stereocenters. The summed E-state index contributed by atoms with van der Waals surface area (Å²) >= 11 is 3.49. The first-order valence-electron chi connectivity index (χ1n) is 7.52. The lowest BCUT2D eigenvalue weighted by molar-refractivity contribution is 0.301. The van der Waals surface area contributed by atoms with E-state index in [4.69, 9.17) is 9.15 Å². The van der Waals surface area contributed by atoms with Crippen LogP contribution in [-0.2, 0) is 6.61 Å². The zero-order chi connectivity index (χ0) is 17.2. The summed E-state index contributed by atoms with van der Waals surface area (Å²) in [5.74, 6) is 0.595. The molecule has 0 aliphatic heterocycles. The Kier molecular flexibility index (Phi) is 4.07. The Hall–Kier alpha value is -2.93. The molecule has 2 aromatic heterocycles. The molecule has 0 N–H and O–H groups in total. The van der Waals surface area contributed by atoms with Gasteiger partial charge in [-0.2, -0.15) is 0 Å². The summed E-state index contributed by atoms with van der Waals surface area (Å²) in [6.45, 7) is 0.257. The highest BCUT2D eigenvalue weighted by Crippen LogP contribution is 2.21. The second-order valence-corrected chi connectivity index (χ2v) is 6.20. The number of hydrogen-bond acceptors (Lipinski definition) is 5. The Morgan fingerprint density at radius 3 is 2.84 bits per heavy atom. The van der Waals surface area contributed by atoms with E-state index in [1.807, 2.05) is 36.4 Å². The van der Waals surface area contributed by atoms with Crippen molar-refractivity contribution in [3.8, 4) is 11.4 Å². The van der Waals surface area contributed by atoms with Gasteiger partial charge >= 0.3 is 5.63 Å². The molecule has 0 fully saturated rings. The molecule has 0 saturated heterocycles. The lowest BCUT2D eigenvalue weighted by atomic mass is 10.2. The van der Waals surface area contributed by atoms with E-state index in [1.54, 1.807) is 23.0 Å². The van der Waals surface area contributed by atoms with Gasteiger partial charge < -0.3 is 9.15 Å². The average molecular weight is 398 g/mol. The quantitative estimate of drug-likeness (QED) is 0.490. The average Bonchev–Trinajstić information content (AvgIpc) is 3.08. The predicted octanol–water partition coefficient (Wildman–Crippen LogP) is 3.72. The van der Waals surface area contributed by atoms with Crippen LogP contribution in [0.4, 0.5) is 0 Å². The molecular weight excluding hydrogens is 386 g/mol. The van der Waals surface area contributed by atoms with Gasteiger partial charge in [-0.15, -0.1) is 5.10 Å². The van der Waals surface area contributed by atoms with E-state index in [2.05, 4.69) is 26.2 Å². The molecule has 4 aromatic rings. The molecule has 6 nitrogen and oxygen atoms in total. The van der Waals surface area contributed by atoms with Crippen molar-refractivity contribution in [2.24, 2.45) is 0 Å². The Morgan fingerprint density at radius 2 is 1.96 bits per heavy atom. The van der Waals surface area contributed by atoms with Gasteiger partial charge in [0.1, 0.15) is 23.6 Å². The van der Waals surface area contributed by atoms with E-state index in [1.165, 1.54) is 6.07 Å². The number of fused-ring (bicyclic) bond motifs is 1. The molecule has 0 spiro atoms. The molecule has 25 heavy (non-hydrogen) atoms. The van der Waals surface area contributed by atoms with Crippen LogP contribution >= 0.6 is 15.9 Å². The smallest absolute Gasteiger partial charge is 0.336 e. The lowest BCUT2D eigenvalue weighted by Crippen LogP contribution is -1.97. The van der Waals surface area contributed by atoms with Gasteiger partial charge in [-0.3, -0.25) is 0 Å². The lowest BCUT2D eigenvalue weighted by Gasteiger charge is -2.04. The highest BCUT2D eigenvalue weighted by molar-refractivity contribution is 9.10. The molecule has 4 rings (SSSR count). The predicted molar refractivity (Wildman–Crippen MR) is 95.9 cm³/mol. The van der Waals surface area contributed by atoms with Crippen molar-refractivity contribution < 1.29 is 9.15 Å². The summed E-state index contributed by atoms with van der Waals surface area (Å²) in [5.41, 5.74) is 1.68. The zero-order valence-corrected chi connectivity index (χ0v) is 14.5. The minimum absolute atomic E-state index is 0.257. The van der Waals surface area contributed by atoms with Crippen LogP contribution in [0.15, 0.2) is 74.5 Å². The van der Waals surface area contributed by atoms with Crippen LogP contribution in [0, 0.1) is 0 Å². The maximum absolute atomic E-state index is 11.3. The summed E-state index contributed by atoms with van der Waals surface area (Å²) < 4.78 is 13.5. The maximum atomic E-state index is 11.3. The third-order valence-electron chi connectivity index (χ3n) is 3.62. The fraction of sp³-hybridized carbons (Fsp3) is 0.0556. The van der Waals surface area contributed by atoms with Crippen LogP contribution in [0.3, 0.4) is 0 Å². The molecule has 0 aliphatic carbocycles. The first-order valence-corrected chi connectivity index (χ1v) is 8.31. The number of benzene rings is 2. The first-order chi connectivity index (χ1) is 12.2. The third-order valence-corrected chi connectivity index (χ3v) is 4.29. The topological polar surface area (TPSA) is 70.2 Å². The van der Waals surface area contributed by atoms with Crippen molar-refractivity contribution in [2.75, 3.05) is 0 Å². The van der Waals surface area contributed by atoms with E-state index in [0.717, 1.165) is 15.5 Å². The van der Waals surface area contributed by atoms with E-state index in [9.17, 15) is 4.79 Å². The Morgan fingerprint density at radius 1 is 1.12 bits per heavy atom. The Balaban J connectivity index is 1.52. The van der Waals surface area contributed by atoms with Gasteiger partial charge in [-0.25, -0.2) is 9.48 Å². The second-order valence-electron chi connectivity index (χ2n) is 5.35. The first kappa shape index (κ1) is 15.6. The van der Waals surface area contributed by atoms with E-state index in [0.29, 0.717) is 17.0 Å². The normalized spacial score (nSPS) is 10.9.